The van der Waals surface area contributed by atoms with Crippen LogP contribution in [0.2, 0.25) is 0 Å². The van der Waals surface area contributed by atoms with Gasteiger partial charge in [0.2, 0.25) is 11.8 Å². The van der Waals surface area contributed by atoms with Crippen molar-refractivity contribution in [3.05, 3.63) is 35.6 Å². The largest absolute Gasteiger partial charge is 0.379 e. The predicted octanol–water partition coefficient (Wildman–Crippen LogP) is 0.323. The van der Waals surface area contributed by atoms with Crippen LogP contribution in [0.1, 0.15) is 12.0 Å². The van der Waals surface area contributed by atoms with Crippen molar-refractivity contribution < 1.29 is 18.7 Å². The molecule has 132 valence electrons. The van der Waals surface area contributed by atoms with E-state index in [0.29, 0.717) is 13.0 Å². The Morgan fingerprint density at radius 1 is 1.17 bits per heavy atom. The fraction of sp³-hybridized carbons (Fsp3) is 0.529. The van der Waals surface area contributed by atoms with Gasteiger partial charge in [-0.15, -0.1) is 0 Å². The molecule has 0 atom stereocenters. The van der Waals surface area contributed by atoms with Gasteiger partial charge >= 0.3 is 0 Å². The molecule has 1 aromatic carbocycles. The summed E-state index contributed by atoms with van der Waals surface area (Å²) in [5, 5.41) is 5.36. The van der Waals surface area contributed by atoms with E-state index in [1.165, 1.54) is 12.1 Å². The molecule has 0 aliphatic carbocycles. The van der Waals surface area contributed by atoms with Crippen LogP contribution in [0.5, 0.6) is 0 Å². The summed E-state index contributed by atoms with van der Waals surface area (Å²) in [6.45, 7) is 4.52. The molecule has 1 aliphatic heterocycles. The van der Waals surface area contributed by atoms with E-state index in [1.807, 2.05) is 0 Å². The topological polar surface area (TPSA) is 70.7 Å². The fourth-order valence-corrected chi connectivity index (χ4v) is 2.46. The monoisotopic (exact) mass is 337 g/mol. The lowest BCUT2D eigenvalue weighted by atomic mass is 10.1. The van der Waals surface area contributed by atoms with Crippen LogP contribution in [0.15, 0.2) is 24.3 Å². The highest BCUT2D eigenvalue weighted by atomic mass is 19.1. The summed E-state index contributed by atoms with van der Waals surface area (Å²) in [6.07, 6.45) is 0.673. The van der Waals surface area contributed by atoms with Crippen LogP contribution < -0.4 is 10.6 Å². The number of nitrogens with one attached hydrogen (secondary N) is 2. The fourth-order valence-electron chi connectivity index (χ4n) is 2.46. The van der Waals surface area contributed by atoms with Crippen molar-refractivity contribution in [3.63, 3.8) is 0 Å². The maximum absolute atomic E-state index is 13.0. The average molecular weight is 337 g/mol. The lowest BCUT2D eigenvalue weighted by molar-refractivity contribution is -0.126. The third-order valence-corrected chi connectivity index (χ3v) is 3.83. The van der Waals surface area contributed by atoms with E-state index < -0.39 is 0 Å². The number of aryl methyl sites for hydroxylation is 1. The van der Waals surface area contributed by atoms with Crippen molar-refractivity contribution in [1.29, 1.82) is 0 Å². The molecular weight excluding hydrogens is 313 g/mol. The first-order chi connectivity index (χ1) is 11.6. The molecular formula is C17H24FN3O3. The van der Waals surface area contributed by atoms with Crippen molar-refractivity contribution in [2.75, 3.05) is 45.9 Å². The van der Waals surface area contributed by atoms with Crippen LogP contribution in [0.25, 0.3) is 0 Å². The second kappa shape index (κ2) is 10.00. The standard InChI is InChI=1S/C17H24FN3O3/c18-15-3-1-2-14(12-15)4-5-16(22)20-13-17(23)19-6-7-21-8-10-24-11-9-21/h1-3,12H,4-11,13H2,(H,19,23)(H,20,22). The lowest BCUT2D eigenvalue weighted by Gasteiger charge is -2.26. The van der Waals surface area contributed by atoms with Crippen molar-refractivity contribution in [3.8, 4) is 0 Å². The number of carbonyl (C=O) groups is 2. The smallest absolute Gasteiger partial charge is 0.239 e. The number of benzene rings is 1. The van der Waals surface area contributed by atoms with E-state index in [4.69, 9.17) is 4.74 Å². The molecule has 2 amide bonds. The predicted molar refractivity (Wildman–Crippen MR) is 88.0 cm³/mol. The SMILES string of the molecule is O=C(CCc1cccc(F)c1)NCC(=O)NCCN1CCOCC1. The Kier molecular flexibility index (Phi) is 7.64. The minimum Gasteiger partial charge on any atom is -0.379 e. The first-order valence-electron chi connectivity index (χ1n) is 8.21. The highest BCUT2D eigenvalue weighted by Crippen LogP contribution is 2.05. The second-order valence-corrected chi connectivity index (χ2v) is 5.71. The molecule has 2 N–H and O–H groups in total. The molecule has 1 saturated heterocycles. The zero-order valence-corrected chi connectivity index (χ0v) is 13.7. The molecule has 7 heteroatoms. The van der Waals surface area contributed by atoms with Crippen molar-refractivity contribution >= 4 is 11.8 Å². The average Bonchev–Trinajstić information content (AvgIpc) is 2.59. The summed E-state index contributed by atoms with van der Waals surface area (Å²) in [5.41, 5.74) is 0.764. The lowest BCUT2D eigenvalue weighted by Crippen LogP contribution is -2.43. The molecule has 6 nitrogen and oxygen atoms in total. The zero-order chi connectivity index (χ0) is 17.2. The van der Waals surface area contributed by atoms with E-state index in [-0.39, 0.29) is 30.6 Å². The number of carbonyl (C=O) groups excluding carboxylic acids is 2. The van der Waals surface area contributed by atoms with Crippen LogP contribution in [0.3, 0.4) is 0 Å². The Bertz CT molecular complexity index is 548. The van der Waals surface area contributed by atoms with Crippen molar-refractivity contribution in [2.45, 2.75) is 12.8 Å². The molecule has 24 heavy (non-hydrogen) atoms. The van der Waals surface area contributed by atoms with Gasteiger partial charge in [-0.3, -0.25) is 14.5 Å². The summed E-state index contributed by atoms with van der Waals surface area (Å²) in [7, 11) is 0. The van der Waals surface area contributed by atoms with Gasteiger partial charge in [-0.1, -0.05) is 12.1 Å². The maximum atomic E-state index is 13.0. The van der Waals surface area contributed by atoms with Crippen molar-refractivity contribution in [2.24, 2.45) is 0 Å². The summed E-state index contributed by atoms with van der Waals surface area (Å²) in [6, 6.07) is 6.16. The van der Waals surface area contributed by atoms with E-state index in [2.05, 4.69) is 15.5 Å². The van der Waals surface area contributed by atoms with Gasteiger partial charge in [0.1, 0.15) is 5.82 Å². The Hall–Kier alpha value is -1.99. The van der Waals surface area contributed by atoms with E-state index in [1.54, 1.807) is 12.1 Å². The van der Waals surface area contributed by atoms with Gasteiger partial charge in [0.05, 0.1) is 19.8 Å². The molecule has 0 aromatic heterocycles. The van der Waals surface area contributed by atoms with Crippen LogP contribution >= 0.6 is 0 Å². The Balaban J connectivity index is 1.54. The number of hydrogen-bond acceptors (Lipinski definition) is 4. The molecule has 0 unspecified atom stereocenters. The normalized spacial score (nSPS) is 15.0. The number of rotatable bonds is 8. The quantitative estimate of drug-likeness (QED) is 0.717. The molecule has 1 aromatic rings. The molecule has 1 aliphatic rings. The number of ether oxygens (including phenoxy) is 1. The molecule has 1 fully saturated rings. The van der Waals surface area contributed by atoms with Gasteiger partial charge in [-0.05, 0) is 24.1 Å². The molecule has 0 spiro atoms. The third kappa shape index (κ3) is 7.06. The number of halogens is 1. The van der Waals surface area contributed by atoms with E-state index in [9.17, 15) is 14.0 Å². The molecule has 1 heterocycles. The van der Waals surface area contributed by atoms with E-state index in [0.717, 1.165) is 38.4 Å². The highest BCUT2D eigenvalue weighted by Gasteiger charge is 2.10. The van der Waals surface area contributed by atoms with Crippen LogP contribution in [-0.4, -0.2) is 62.7 Å². The minimum atomic E-state index is -0.312. The summed E-state index contributed by atoms with van der Waals surface area (Å²) >= 11 is 0. The van der Waals surface area contributed by atoms with Gasteiger partial charge in [0.15, 0.2) is 0 Å². The third-order valence-electron chi connectivity index (χ3n) is 3.83. The van der Waals surface area contributed by atoms with Gasteiger partial charge in [-0.2, -0.15) is 0 Å². The molecule has 0 saturated carbocycles. The van der Waals surface area contributed by atoms with Gasteiger partial charge in [0, 0.05) is 32.6 Å². The van der Waals surface area contributed by atoms with Crippen LogP contribution in [-0.2, 0) is 20.7 Å². The summed E-state index contributed by atoms with van der Waals surface area (Å²) < 4.78 is 18.3. The van der Waals surface area contributed by atoms with Crippen LogP contribution in [0.4, 0.5) is 4.39 Å². The second-order valence-electron chi connectivity index (χ2n) is 5.71. The first kappa shape index (κ1) is 18.4. The van der Waals surface area contributed by atoms with Gasteiger partial charge in [-0.25, -0.2) is 4.39 Å². The minimum absolute atomic E-state index is 0.0366. The molecule has 0 bridgehead atoms. The van der Waals surface area contributed by atoms with Crippen molar-refractivity contribution in [1.82, 2.24) is 15.5 Å². The summed E-state index contributed by atoms with van der Waals surface area (Å²) in [5.74, 6) is -0.738. The number of morpholine rings is 1. The van der Waals surface area contributed by atoms with Gasteiger partial charge in [0.25, 0.3) is 0 Å². The molecule has 0 radical (unpaired) electrons. The van der Waals surface area contributed by atoms with Gasteiger partial charge < -0.3 is 15.4 Å². The Morgan fingerprint density at radius 2 is 1.96 bits per heavy atom. The Morgan fingerprint density at radius 3 is 2.71 bits per heavy atom. The molecule has 2 rings (SSSR count). The summed E-state index contributed by atoms with van der Waals surface area (Å²) in [4.78, 5) is 25.6. The highest BCUT2D eigenvalue weighted by molar-refractivity contribution is 5.84. The Labute approximate surface area is 141 Å². The number of hydrogen-bond donors (Lipinski definition) is 2. The number of nitrogens with zero attached hydrogens (tertiary/aromatic N) is 1. The first-order valence-corrected chi connectivity index (χ1v) is 8.21. The van der Waals surface area contributed by atoms with Crippen LogP contribution in [0, 0.1) is 5.82 Å². The number of amides is 2. The maximum Gasteiger partial charge on any atom is 0.239 e. The van der Waals surface area contributed by atoms with E-state index >= 15 is 0 Å². The zero-order valence-electron chi connectivity index (χ0n) is 13.7.